The van der Waals surface area contributed by atoms with E-state index >= 15 is 0 Å². The molecule has 0 spiro atoms. The van der Waals surface area contributed by atoms with Gasteiger partial charge in [0.1, 0.15) is 5.82 Å². The van der Waals surface area contributed by atoms with E-state index in [4.69, 9.17) is 0 Å². The highest BCUT2D eigenvalue weighted by molar-refractivity contribution is 7.98. The van der Waals surface area contributed by atoms with Gasteiger partial charge < -0.3 is 5.32 Å². The quantitative estimate of drug-likeness (QED) is 0.814. The highest BCUT2D eigenvalue weighted by Crippen LogP contribution is 2.23. The maximum Gasteiger partial charge on any atom is 0.127 e. The molecule has 0 aliphatic carbocycles. The van der Waals surface area contributed by atoms with E-state index in [1.165, 1.54) is 12.8 Å². The van der Waals surface area contributed by atoms with Crippen molar-refractivity contribution in [3.8, 4) is 0 Å². The highest BCUT2D eigenvalue weighted by Gasteiger charge is 2.15. The Morgan fingerprint density at radius 1 is 1.38 bits per heavy atom. The lowest BCUT2D eigenvalue weighted by molar-refractivity contribution is 0.368. The van der Waals surface area contributed by atoms with Crippen molar-refractivity contribution in [2.75, 3.05) is 19.3 Å². The lowest BCUT2D eigenvalue weighted by atomic mass is 9.91. The minimum Gasteiger partial charge on any atom is -0.317 e. The number of piperidine rings is 1. The summed E-state index contributed by atoms with van der Waals surface area (Å²) in [4.78, 5) is 1.01. The van der Waals surface area contributed by atoms with Crippen LogP contribution in [0.5, 0.6) is 0 Å². The molecule has 2 rings (SSSR count). The van der Waals surface area contributed by atoms with Crippen LogP contribution in [0.25, 0.3) is 0 Å². The molecule has 0 unspecified atom stereocenters. The number of rotatable bonds is 3. The largest absolute Gasteiger partial charge is 0.317 e. The number of hydrogen-bond acceptors (Lipinski definition) is 2. The average Bonchev–Trinajstić information content (AvgIpc) is 2.33. The Morgan fingerprint density at radius 2 is 2.12 bits per heavy atom. The summed E-state index contributed by atoms with van der Waals surface area (Å²) in [6.07, 6.45) is 5.21. The number of benzene rings is 1. The van der Waals surface area contributed by atoms with Gasteiger partial charge in [-0.2, -0.15) is 0 Å². The Labute approximate surface area is 101 Å². The van der Waals surface area contributed by atoms with E-state index < -0.39 is 0 Å². The molecule has 16 heavy (non-hydrogen) atoms. The molecule has 1 heterocycles. The van der Waals surface area contributed by atoms with Crippen molar-refractivity contribution in [2.24, 2.45) is 5.92 Å². The van der Waals surface area contributed by atoms with Crippen LogP contribution < -0.4 is 5.32 Å². The highest BCUT2D eigenvalue weighted by atomic mass is 32.2. The van der Waals surface area contributed by atoms with Gasteiger partial charge in [-0.15, -0.1) is 11.8 Å². The lowest BCUT2D eigenvalue weighted by Crippen LogP contribution is -2.28. The molecular formula is C13H18FNS. The Hall–Kier alpha value is -0.540. The predicted molar refractivity (Wildman–Crippen MR) is 67.5 cm³/mol. The lowest BCUT2D eigenvalue weighted by Gasteiger charge is -2.22. The molecule has 0 amide bonds. The van der Waals surface area contributed by atoms with Gasteiger partial charge in [0, 0.05) is 4.90 Å². The first kappa shape index (κ1) is 11.9. The first-order valence-electron chi connectivity index (χ1n) is 5.82. The van der Waals surface area contributed by atoms with Crippen LogP contribution in [0.1, 0.15) is 18.4 Å². The molecule has 1 aromatic carbocycles. The molecule has 1 fully saturated rings. The van der Waals surface area contributed by atoms with Crippen molar-refractivity contribution in [3.63, 3.8) is 0 Å². The van der Waals surface area contributed by atoms with Crippen molar-refractivity contribution < 1.29 is 4.39 Å². The minimum atomic E-state index is -0.0367. The van der Waals surface area contributed by atoms with Crippen LogP contribution in [0.4, 0.5) is 4.39 Å². The smallest absolute Gasteiger partial charge is 0.127 e. The van der Waals surface area contributed by atoms with Gasteiger partial charge in [-0.05, 0) is 62.2 Å². The zero-order valence-corrected chi connectivity index (χ0v) is 10.4. The molecule has 0 bridgehead atoms. The summed E-state index contributed by atoms with van der Waals surface area (Å²) in [6.45, 7) is 2.16. The zero-order valence-electron chi connectivity index (χ0n) is 9.63. The van der Waals surface area contributed by atoms with Gasteiger partial charge in [-0.25, -0.2) is 4.39 Å². The van der Waals surface area contributed by atoms with Gasteiger partial charge in [0.05, 0.1) is 0 Å². The maximum absolute atomic E-state index is 13.8. The van der Waals surface area contributed by atoms with Crippen molar-refractivity contribution in [2.45, 2.75) is 24.2 Å². The third kappa shape index (κ3) is 2.98. The fourth-order valence-electron chi connectivity index (χ4n) is 2.22. The third-order valence-corrected chi connectivity index (χ3v) is 3.95. The SMILES string of the molecule is CSc1ccc(CC2CCNCC2)c(F)c1. The second-order valence-electron chi connectivity index (χ2n) is 4.35. The van der Waals surface area contributed by atoms with Crippen molar-refractivity contribution in [1.29, 1.82) is 0 Å². The normalized spacial score (nSPS) is 17.6. The molecule has 1 saturated heterocycles. The summed E-state index contributed by atoms with van der Waals surface area (Å²) in [7, 11) is 0. The molecule has 0 radical (unpaired) electrons. The van der Waals surface area contributed by atoms with Crippen LogP contribution in [0.2, 0.25) is 0 Å². The molecule has 1 N–H and O–H groups in total. The summed E-state index contributed by atoms with van der Waals surface area (Å²) in [5, 5.41) is 3.34. The summed E-state index contributed by atoms with van der Waals surface area (Å²) < 4.78 is 13.8. The van der Waals surface area contributed by atoms with E-state index in [0.717, 1.165) is 30.0 Å². The van der Waals surface area contributed by atoms with Gasteiger partial charge in [0.15, 0.2) is 0 Å². The molecule has 0 saturated carbocycles. The van der Waals surface area contributed by atoms with Gasteiger partial charge in [0.2, 0.25) is 0 Å². The van der Waals surface area contributed by atoms with E-state index in [9.17, 15) is 4.39 Å². The molecular weight excluding hydrogens is 221 g/mol. The summed E-state index contributed by atoms with van der Waals surface area (Å²) in [6, 6.07) is 5.62. The molecule has 0 atom stereocenters. The molecule has 1 nitrogen and oxygen atoms in total. The van der Waals surface area contributed by atoms with Gasteiger partial charge in [0.25, 0.3) is 0 Å². The van der Waals surface area contributed by atoms with Gasteiger partial charge >= 0.3 is 0 Å². The van der Waals surface area contributed by atoms with Gasteiger partial charge in [-0.3, -0.25) is 0 Å². The van der Waals surface area contributed by atoms with Crippen LogP contribution in [-0.2, 0) is 6.42 Å². The number of nitrogens with one attached hydrogen (secondary N) is 1. The van der Waals surface area contributed by atoms with E-state index in [0.29, 0.717) is 5.92 Å². The topological polar surface area (TPSA) is 12.0 Å². The number of hydrogen-bond donors (Lipinski definition) is 1. The summed E-state index contributed by atoms with van der Waals surface area (Å²) >= 11 is 1.59. The van der Waals surface area contributed by atoms with Crippen LogP contribution in [0.15, 0.2) is 23.1 Å². The second kappa shape index (κ2) is 5.69. The van der Waals surface area contributed by atoms with Crippen LogP contribution >= 0.6 is 11.8 Å². The van der Waals surface area contributed by atoms with Crippen LogP contribution in [-0.4, -0.2) is 19.3 Å². The Kier molecular flexibility index (Phi) is 4.24. The van der Waals surface area contributed by atoms with Crippen molar-refractivity contribution in [3.05, 3.63) is 29.6 Å². The fourth-order valence-corrected chi connectivity index (χ4v) is 2.64. The third-order valence-electron chi connectivity index (χ3n) is 3.23. The maximum atomic E-state index is 13.8. The molecule has 3 heteroatoms. The van der Waals surface area contributed by atoms with E-state index in [1.807, 2.05) is 18.4 Å². The second-order valence-corrected chi connectivity index (χ2v) is 5.23. The average molecular weight is 239 g/mol. The Bertz CT molecular complexity index is 348. The van der Waals surface area contributed by atoms with Crippen molar-refractivity contribution in [1.82, 2.24) is 5.32 Å². The van der Waals surface area contributed by atoms with Crippen LogP contribution in [0.3, 0.4) is 0 Å². The van der Waals surface area contributed by atoms with E-state index in [-0.39, 0.29) is 5.82 Å². The van der Waals surface area contributed by atoms with Gasteiger partial charge in [-0.1, -0.05) is 6.07 Å². The molecule has 1 aromatic rings. The summed E-state index contributed by atoms with van der Waals surface area (Å²) in [5.41, 5.74) is 0.879. The Balaban J connectivity index is 2.03. The fraction of sp³-hybridized carbons (Fsp3) is 0.538. The van der Waals surface area contributed by atoms with Crippen LogP contribution in [0, 0.1) is 11.7 Å². The monoisotopic (exact) mass is 239 g/mol. The predicted octanol–water partition coefficient (Wildman–Crippen LogP) is 3.09. The number of halogens is 1. The molecule has 1 aliphatic rings. The zero-order chi connectivity index (χ0) is 11.4. The first-order chi connectivity index (χ1) is 7.79. The van der Waals surface area contributed by atoms with Crippen molar-refractivity contribution >= 4 is 11.8 Å². The minimum absolute atomic E-state index is 0.0367. The van der Waals surface area contributed by atoms with E-state index in [1.54, 1.807) is 17.8 Å². The number of thioether (sulfide) groups is 1. The molecule has 1 aliphatic heterocycles. The van der Waals surface area contributed by atoms with E-state index in [2.05, 4.69) is 5.32 Å². The first-order valence-corrected chi connectivity index (χ1v) is 7.05. The molecule has 0 aromatic heterocycles. The molecule has 88 valence electrons. The summed E-state index contributed by atoms with van der Waals surface area (Å²) in [5.74, 6) is 0.612. The Morgan fingerprint density at radius 3 is 2.75 bits per heavy atom. The standard InChI is InChI=1S/C13H18FNS/c1-16-12-3-2-11(13(14)9-12)8-10-4-6-15-7-5-10/h2-3,9-10,15H,4-8H2,1H3.